The highest BCUT2D eigenvalue weighted by molar-refractivity contribution is 9.10. The fraction of sp³-hybridized carbons (Fsp3) is 0.571. The van der Waals surface area contributed by atoms with E-state index in [0.717, 1.165) is 35.2 Å². The van der Waals surface area contributed by atoms with Crippen molar-refractivity contribution in [2.45, 2.75) is 33.6 Å². The van der Waals surface area contributed by atoms with E-state index < -0.39 is 0 Å². The van der Waals surface area contributed by atoms with E-state index in [9.17, 15) is 0 Å². The Morgan fingerprint density at radius 1 is 1.47 bits per heavy atom. The maximum absolute atomic E-state index is 5.64. The van der Waals surface area contributed by atoms with Gasteiger partial charge in [-0.25, -0.2) is 9.98 Å². The highest BCUT2D eigenvalue weighted by Gasteiger charge is 2.07. The molecule has 0 radical (unpaired) electrons. The lowest BCUT2D eigenvalue weighted by atomic mass is 10.3. The summed E-state index contributed by atoms with van der Waals surface area (Å²) in [7, 11) is 1.99. The first-order chi connectivity index (χ1) is 9.08. The molecule has 0 saturated carbocycles. The normalized spacial score (nSPS) is 11.0. The molecule has 19 heavy (non-hydrogen) atoms. The van der Waals surface area contributed by atoms with Gasteiger partial charge in [0, 0.05) is 13.6 Å². The molecule has 0 amide bonds. The number of aromatic nitrogens is 1. The van der Waals surface area contributed by atoms with E-state index in [2.05, 4.69) is 39.8 Å². The molecule has 0 bridgehead atoms. The molecule has 0 saturated heterocycles. The molecule has 0 aliphatic rings. The lowest BCUT2D eigenvalue weighted by Gasteiger charge is -2.11. The number of rotatable bonds is 7. The fourth-order valence-electron chi connectivity index (χ4n) is 1.34. The molecule has 1 aromatic heterocycles. The van der Waals surface area contributed by atoms with Gasteiger partial charge in [-0.05, 0) is 42.3 Å². The molecule has 106 valence electrons. The second-order valence-electron chi connectivity index (χ2n) is 4.40. The molecule has 0 unspecified atom stereocenters. The molecule has 0 aliphatic heterocycles. The predicted octanol–water partition coefficient (Wildman–Crippen LogP) is 3.94. The van der Waals surface area contributed by atoms with E-state index in [0.29, 0.717) is 12.5 Å². The molecule has 1 heterocycles. The Morgan fingerprint density at radius 3 is 2.84 bits per heavy atom. The summed E-state index contributed by atoms with van der Waals surface area (Å²) in [6, 6.07) is 1.95. The number of ether oxygens (including phenoxy) is 1. The third-order valence-corrected chi connectivity index (χ3v) is 3.31. The first kappa shape index (κ1) is 16.0. The van der Waals surface area contributed by atoms with Crippen molar-refractivity contribution in [1.29, 1.82) is 0 Å². The van der Waals surface area contributed by atoms with Crippen LogP contribution in [0, 0.1) is 6.92 Å². The number of hydrogen-bond donors (Lipinski definition) is 0. The molecular weight excluding hydrogens is 306 g/mol. The van der Waals surface area contributed by atoms with Crippen molar-refractivity contribution in [2.75, 3.05) is 20.2 Å². The Morgan fingerprint density at radius 2 is 2.21 bits per heavy atom. The summed E-state index contributed by atoms with van der Waals surface area (Å²) < 4.78 is 6.49. The number of pyridine rings is 1. The molecule has 5 heteroatoms. The van der Waals surface area contributed by atoms with Crippen LogP contribution in [0.15, 0.2) is 15.5 Å². The Kier molecular flexibility index (Phi) is 6.84. The molecule has 0 spiro atoms. The standard InChI is InChI=1S/C14H22BrN3O/c1-5-7-8-19-14-12(15)9-13(11(3)17-14)16-10-18(4)6-2/h9-10H,5-8H2,1-4H3/b16-10+. The maximum atomic E-state index is 5.64. The Balaban J connectivity index is 2.81. The zero-order valence-corrected chi connectivity index (χ0v) is 13.7. The molecular formula is C14H22BrN3O. The highest BCUT2D eigenvalue weighted by Crippen LogP contribution is 2.29. The minimum absolute atomic E-state index is 0.647. The van der Waals surface area contributed by atoms with Gasteiger partial charge in [0.1, 0.15) is 0 Å². The average Bonchev–Trinajstić information content (AvgIpc) is 2.40. The lowest BCUT2D eigenvalue weighted by molar-refractivity contribution is 0.295. The van der Waals surface area contributed by atoms with Gasteiger partial charge in [-0.1, -0.05) is 13.3 Å². The second-order valence-corrected chi connectivity index (χ2v) is 5.25. The molecule has 0 aromatic carbocycles. The first-order valence-corrected chi connectivity index (χ1v) is 7.42. The van der Waals surface area contributed by atoms with E-state index in [1.54, 1.807) is 0 Å². The van der Waals surface area contributed by atoms with Crippen LogP contribution >= 0.6 is 15.9 Å². The van der Waals surface area contributed by atoms with Crippen molar-refractivity contribution in [2.24, 2.45) is 4.99 Å². The maximum Gasteiger partial charge on any atom is 0.228 e. The van der Waals surface area contributed by atoms with Crippen LogP contribution in [0.3, 0.4) is 0 Å². The number of aliphatic imine (C=N–C) groups is 1. The summed E-state index contributed by atoms with van der Waals surface area (Å²) in [6.07, 6.45) is 3.96. The van der Waals surface area contributed by atoms with Crippen LogP contribution in [-0.4, -0.2) is 36.4 Å². The Hall–Kier alpha value is -1.10. The quantitative estimate of drug-likeness (QED) is 0.432. The van der Waals surface area contributed by atoms with Gasteiger partial charge < -0.3 is 9.64 Å². The van der Waals surface area contributed by atoms with E-state index in [-0.39, 0.29) is 0 Å². The third-order valence-electron chi connectivity index (χ3n) is 2.74. The largest absolute Gasteiger partial charge is 0.477 e. The van der Waals surface area contributed by atoms with Gasteiger partial charge in [0.25, 0.3) is 0 Å². The topological polar surface area (TPSA) is 37.7 Å². The van der Waals surface area contributed by atoms with Crippen LogP contribution in [0.2, 0.25) is 0 Å². The van der Waals surface area contributed by atoms with Gasteiger partial charge in [-0.3, -0.25) is 0 Å². The second kappa shape index (κ2) is 8.15. The van der Waals surface area contributed by atoms with E-state index in [4.69, 9.17) is 4.74 Å². The van der Waals surface area contributed by atoms with Crippen LogP contribution < -0.4 is 4.74 Å². The zero-order valence-electron chi connectivity index (χ0n) is 12.1. The summed E-state index contributed by atoms with van der Waals surface area (Å²) in [5.74, 6) is 0.647. The van der Waals surface area contributed by atoms with Crippen molar-refractivity contribution in [3.8, 4) is 5.88 Å². The summed E-state index contributed by atoms with van der Waals surface area (Å²) in [6.45, 7) is 7.78. The molecule has 4 nitrogen and oxygen atoms in total. The van der Waals surface area contributed by atoms with Crippen LogP contribution in [0.5, 0.6) is 5.88 Å². The zero-order chi connectivity index (χ0) is 14.3. The van der Waals surface area contributed by atoms with Gasteiger partial charge in [-0.15, -0.1) is 0 Å². The molecule has 0 atom stereocenters. The van der Waals surface area contributed by atoms with Crippen LogP contribution in [0.25, 0.3) is 0 Å². The van der Waals surface area contributed by atoms with E-state index >= 15 is 0 Å². The SMILES string of the molecule is CCCCOc1nc(C)c(/N=C/N(C)CC)cc1Br. The van der Waals surface area contributed by atoms with Crippen molar-refractivity contribution in [3.63, 3.8) is 0 Å². The fourth-order valence-corrected chi connectivity index (χ4v) is 1.76. The average molecular weight is 328 g/mol. The van der Waals surface area contributed by atoms with Crippen LogP contribution in [-0.2, 0) is 0 Å². The first-order valence-electron chi connectivity index (χ1n) is 6.62. The number of halogens is 1. The molecule has 1 rings (SSSR count). The third kappa shape index (κ3) is 5.19. The minimum Gasteiger partial charge on any atom is -0.477 e. The summed E-state index contributed by atoms with van der Waals surface area (Å²) in [4.78, 5) is 10.9. The lowest BCUT2D eigenvalue weighted by Crippen LogP contribution is -2.14. The summed E-state index contributed by atoms with van der Waals surface area (Å²) in [5, 5.41) is 0. The Bertz CT molecular complexity index is 435. The molecule has 0 aliphatic carbocycles. The highest BCUT2D eigenvalue weighted by atomic mass is 79.9. The number of nitrogens with zero attached hydrogens (tertiary/aromatic N) is 3. The van der Waals surface area contributed by atoms with Crippen LogP contribution in [0.1, 0.15) is 32.4 Å². The van der Waals surface area contributed by atoms with Crippen molar-refractivity contribution < 1.29 is 4.74 Å². The van der Waals surface area contributed by atoms with Gasteiger partial charge in [0.15, 0.2) is 0 Å². The number of hydrogen-bond acceptors (Lipinski definition) is 3. The van der Waals surface area contributed by atoms with Crippen molar-refractivity contribution in [1.82, 2.24) is 9.88 Å². The smallest absolute Gasteiger partial charge is 0.228 e. The summed E-state index contributed by atoms with van der Waals surface area (Å²) in [5.41, 5.74) is 1.73. The Labute approximate surface area is 124 Å². The van der Waals surface area contributed by atoms with E-state index in [1.807, 2.05) is 31.3 Å². The van der Waals surface area contributed by atoms with Crippen molar-refractivity contribution >= 4 is 28.0 Å². The van der Waals surface area contributed by atoms with Gasteiger partial charge in [-0.2, -0.15) is 0 Å². The number of aryl methyl sites for hydroxylation is 1. The monoisotopic (exact) mass is 327 g/mol. The molecule has 0 N–H and O–H groups in total. The van der Waals surface area contributed by atoms with Crippen LogP contribution in [0.4, 0.5) is 5.69 Å². The van der Waals surface area contributed by atoms with Gasteiger partial charge in [0.2, 0.25) is 5.88 Å². The van der Waals surface area contributed by atoms with Gasteiger partial charge in [0.05, 0.1) is 28.8 Å². The number of unbranched alkanes of at least 4 members (excludes halogenated alkanes) is 1. The predicted molar refractivity (Wildman–Crippen MR) is 83.5 cm³/mol. The van der Waals surface area contributed by atoms with E-state index in [1.165, 1.54) is 0 Å². The molecule has 0 fully saturated rings. The minimum atomic E-state index is 0.647. The van der Waals surface area contributed by atoms with Crippen molar-refractivity contribution in [3.05, 3.63) is 16.2 Å². The van der Waals surface area contributed by atoms with Gasteiger partial charge >= 0.3 is 0 Å². The summed E-state index contributed by atoms with van der Waals surface area (Å²) >= 11 is 3.48. The molecule has 1 aromatic rings.